The number of thioether (sulfide) groups is 1. The lowest BCUT2D eigenvalue weighted by Crippen LogP contribution is -2.27. The maximum absolute atomic E-state index is 6.30. The normalized spacial score (nSPS) is 15.5. The summed E-state index contributed by atoms with van der Waals surface area (Å²) in [5.74, 6) is 1.76. The van der Waals surface area contributed by atoms with Gasteiger partial charge in [0.25, 0.3) is 0 Å². The third-order valence-electron chi connectivity index (χ3n) is 4.59. The lowest BCUT2D eigenvalue weighted by molar-refractivity contribution is 0.149. The Balaban J connectivity index is 1.50. The Morgan fingerprint density at radius 2 is 1.79 bits per heavy atom. The topological polar surface area (TPSA) is 12.5 Å². The van der Waals surface area contributed by atoms with Crippen molar-refractivity contribution in [1.82, 2.24) is 4.90 Å². The highest BCUT2D eigenvalue weighted by molar-refractivity contribution is 7.98. The summed E-state index contributed by atoms with van der Waals surface area (Å²) in [4.78, 5) is 3.68. The molecule has 2 aromatic carbocycles. The van der Waals surface area contributed by atoms with Crippen molar-refractivity contribution in [3.05, 3.63) is 60.2 Å². The van der Waals surface area contributed by atoms with Crippen molar-refractivity contribution in [2.24, 2.45) is 5.92 Å². The average molecular weight is 342 g/mol. The van der Waals surface area contributed by atoms with Gasteiger partial charge in [-0.15, -0.1) is 11.8 Å². The first-order valence-corrected chi connectivity index (χ1v) is 10.0. The van der Waals surface area contributed by atoms with E-state index in [2.05, 4.69) is 72.8 Å². The Hall–Kier alpha value is -1.45. The van der Waals surface area contributed by atoms with E-state index in [1.165, 1.54) is 23.3 Å². The molecule has 1 aliphatic carbocycles. The number of nitrogens with zero attached hydrogens (tertiary/aromatic N) is 1. The van der Waals surface area contributed by atoms with Crippen LogP contribution in [0.2, 0.25) is 0 Å². The van der Waals surface area contributed by atoms with Crippen LogP contribution in [0, 0.1) is 5.92 Å². The Bertz CT molecular complexity index is 609. The van der Waals surface area contributed by atoms with Crippen LogP contribution < -0.4 is 4.74 Å². The minimum absolute atomic E-state index is 0.350. The molecular weight excluding hydrogens is 314 g/mol. The van der Waals surface area contributed by atoms with Gasteiger partial charge in [-0.1, -0.05) is 30.3 Å². The zero-order valence-electron chi connectivity index (χ0n) is 14.7. The van der Waals surface area contributed by atoms with E-state index in [-0.39, 0.29) is 0 Å². The lowest BCUT2D eigenvalue weighted by Gasteiger charge is -2.23. The van der Waals surface area contributed by atoms with Gasteiger partial charge < -0.3 is 9.64 Å². The molecule has 1 atom stereocenters. The molecule has 0 spiro atoms. The van der Waals surface area contributed by atoms with E-state index in [9.17, 15) is 0 Å². The monoisotopic (exact) mass is 341 g/mol. The molecule has 0 saturated heterocycles. The van der Waals surface area contributed by atoms with Crippen LogP contribution in [0.1, 0.15) is 24.8 Å². The van der Waals surface area contributed by atoms with E-state index < -0.39 is 0 Å². The minimum Gasteiger partial charge on any atom is -0.490 e. The molecule has 128 valence electrons. The fourth-order valence-electron chi connectivity index (χ4n) is 3.01. The predicted molar refractivity (Wildman–Crippen MR) is 103 cm³/mol. The highest BCUT2D eigenvalue weighted by Gasteiger charge is 2.32. The lowest BCUT2D eigenvalue weighted by atomic mass is 10.1. The molecule has 1 unspecified atom stereocenters. The van der Waals surface area contributed by atoms with Gasteiger partial charge >= 0.3 is 0 Å². The number of benzene rings is 2. The summed E-state index contributed by atoms with van der Waals surface area (Å²) < 4.78 is 6.30. The van der Waals surface area contributed by atoms with Crippen molar-refractivity contribution in [2.45, 2.75) is 36.8 Å². The molecule has 0 aromatic heterocycles. The van der Waals surface area contributed by atoms with Crippen molar-refractivity contribution in [3.8, 4) is 5.75 Å². The molecule has 0 N–H and O–H groups in total. The largest absolute Gasteiger partial charge is 0.490 e. The molecule has 2 nitrogen and oxygen atoms in total. The van der Waals surface area contributed by atoms with E-state index in [1.807, 2.05) is 0 Å². The van der Waals surface area contributed by atoms with Crippen molar-refractivity contribution < 1.29 is 4.74 Å². The van der Waals surface area contributed by atoms with Crippen LogP contribution in [0.15, 0.2) is 59.5 Å². The second-order valence-corrected chi connectivity index (χ2v) is 7.56. The minimum atomic E-state index is 0.350. The van der Waals surface area contributed by atoms with E-state index in [1.54, 1.807) is 11.8 Å². The van der Waals surface area contributed by atoms with E-state index in [0.717, 1.165) is 31.2 Å². The zero-order valence-corrected chi connectivity index (χ0v) is 15.5. The van der Waals surface area contributed by atoms with Gasteiger partial charge in [-0.05, 0) is 68.3 Å². The second-order valence-electron chi connectivity index (χ2n) is 6.68. The Kier molecular flexibility index (Phi) is 6.22. The van der Waals surface area contributed by atoms with Gasteiger partial charge in [0.1, 0.15) is 11.9 Å². The highest BCUT2D eigenvalue weighted by atomic mass is 32.2. The van der Waals surface area contributed by atoms with Crippen LogP contribution >= 0.6 is 11.8 Å². The summed E-state index contributed by atoms with van der Waals surface area (Å²) in [6.07, 6.45) is 6.18. The molecule has 0 aliphatic heterocycles. The standard InChI is InChI=1S/C21H27NOS/c1-22(16-17-6-4-3-5-7-17)15-14-21(18-8-9-18)23-19-10-12-20(24-2)13-11-19/h3-7,10-13,18,21H,8-9,14-16H2,1-2H3. The smallest absolute Gasteiger partial charge is 0.119 e. The molecule has 3 rings (SSSR count). The number of hydrogen-bond donors (Lipinski definition) is 0. The van der Waals surface area contributed by atoms with Crippen molar-refractivity contribution in [2.75, 3.05) is 19.8 Å². The van der Waals surface area contributed by atoms with Crippen molar-refractivity contribution in [1.29, 1.82) is 0 Å². The Morgan fingerprint density at radius 1 is 1.08 bits per heavy atom. The van der Waals surface area contributed by atoms with Crippen LogP contribution in [-0.4, -0.2) is 30.9 Å². The molecule has 1 fully saturated rings. The molecule has 0 radical (unpaired) electrons. The Morgan fingerprint density at radius 3 is 2.42 bits per heavy atom. The Labute approximate surface area is 150 Å². The molecule has 3 heteroatoms. The van der Waals surface area contributed by atoms with Crippen molar-refractivity contribution in [3.63, 3.8) is 0 Å². The van der Waals surface area contributed by atoms with E-state index >= 15 is 0 Å². The van der Waals surface area contributed by atoms with Gasteiger partial charge in [0.15, 0.2) is 0 Å². The second kappa shape index (κ2) is 8.59. The third-order valence-corrected chi connectivity index (χ3v) is 5.33. The zero-order chi connectivity index (χ0) is 16.8. The molecule has 24 heavy (non-hydrogen) atoms. The summed E-state index contributed by atoms with van der Waals surface area (Å²) in [6, 6.07) is 19.2. The molecule has 1 aliphatic rings. The van der Waals surface area contributed by atoms with Crippen LogP contribution in [-0.2, 0) is 6.54 Å². The predicted octanol–water partition coefficient (Wildman–Crippen LogP) is 5.09. The molecule has 0 heterocycles. The summed E-state index contributed by atoms with van der Waals surface area (Å²) >= 11 is 1.77. The fourth-order valence-corrected chi connectivity index (χ4v) is 3.42. The quantitative estimate of drug-likeness (QED) is 0.590. The molecule has 0 bridgehead atoms. The van der Waals surface area contributed by atoms with Gasteiger partial charge in [-0.3, -0.25) is 0 Å². The van der Waals surface area contributed by atoms with Gasteiger partial charge in [-0.25, -0.2) is 0 Å². The van der Waals surface area contributed by atoms with Crippen LogP contribution in [0.4, 0.5) is 0 Å². The highest BCUT2D eigenvalue weighted by Crippen LogP contribution is 2.36. The van der Waals surface area contributed by atoms with Crippen LogP contribution in [0.25, 0.3) is 0 Å². The van der Waals surface area contributed by atoms with Crippen LogP contribution in [0.5, 0.6) is 5.75 Å². The van der Waals surface area contributed by atoms with Gasteiger partial charge in [0.2, 0.25) is 0 Å². The summed E-state index contributed by atoms with van der Waals surface area (Å²) in [5, 5.41) is 0. The third kappa shape index (κ3) is 5.29. The van der Waals surface area contributed by atoms with Gasteiger partial charge in [0, 0.05) is 18.0 Å². The first-order valence-electron chi connectivity index (χ1n) is 8.78. The maximum Gasteiger partial charge on any atom is 0.119 e. The summed E-state index contributed by atoms with van der Waals surface area (Å²) in [6.45, 7) is 2.07. The number of hydrogen-bond acceptors (Lipinski definition) is 3. The molecule has 2 aromatic rings. The molecule has 1 saturated carbocycles. The first kappa shape index (κ1) is 17.4. The molecular formula is C21H27NOS. The average Bonchev–Trinajstić information content (AvgIpc) is 3.45. The SMILES string of the molecule is CSc1ccc(OC(CCN(C)Cc2ccccc2)C2CC2)cc1. The number of rotatable bonds is 9. The summed E-state index contributed by atoms with van der Waals surface area (Å²) in [7, 11) is 2.20. The van der Waals surface area contributed by atoms with Gasteiger partial charge in [0.05, 0.1) is 0 Å². The van der Waals surface area contributed by atoms with Crippen molar-refractivity contribution >= 4 is 11.8 Å². The van der Waals surface area contributed by atoms with E-state index in [0.29, 0.717) is 6.10 Å². The number of ether oxygens (including phenoxy) is 1. The van der Waals surface area contributed by atoms with Crippen LogP contribution in [0.3, 0.4) is 0 Å². The summed E-state index contributed by atoms with van der Waals surface area (Å²) in [5.41, 5.74) is 1.37. The molecule has 0 amide bonds. The maximum atomic E-state index is 6.30. The van der Waals surface area contributed by atoms with E-state index in [4.69, 9.17) is 4.74 Å². The fraction of sp³-hybridized carbons (Fsp3) is 0.429. The first-order chi connectivity index (χ1) is 11.7. The van der Waals surface area contributed by atoms with Gasteiger partial charge in [-0.2, -0.15) is 0 Å².